The number of anilines is 2. The molecule has 0 fully saturated rings. The molecule has 1 aromatic heterocycles. The van der Waals surface area contributed by atoms with E-state index in [-0.39, 0.29) is 12.5 Å². The van der Waals surface area contributed by atoms with E-state index in [9.17, 15) is 4.79 Å². The van der Waals surface area contributed by atoms with Crippen molar-refractivity contribution in [2.75, 3.05) is 17.7 Å². The molecule has 3 N–H and O–H groups in total. The van der Waals surface area contributed by atoms with Crippen LogP contribution in [-0.2, 0) is 4.79 Å². The molecule has 1 amide bonds. The van der Waals surface area contributed by atoms with E-state index in [1.54, 1.807) is 12.1 Å². The van der Waals surface area contributed by atoms with Crippen LogP contribution in [0.2, 0.25) is 0 Å². The molecule has 1 aromatic carbocycles. The summed E-state index contributed by atoms with van der Waals surface area (Å²) in [4.78, 5) is 12.1. The lowest BCUT2D eigenvalue weighted by Gasteiger charge is -2.19. The first-order valence-corrected chi connectivity index (χ1v) is 7.09. The van der Waals surface area contributed by atoms with Gasteiger partial charge >= 0.3 is 0 Å². The molecule has 2 heterocycles. The second kappa shape index (κ2) is 4.71. The van der Waals surface area contributed by atoms with Crippen LogP contribution in [-0.4, -0.2) is 22.7 Å². The highest BCUT2D eigenvalue weighted by atomic mass is 32.2. The Balaban J connectivity index is 1.93. The monoisotopic (exact) mass is 294 g/mol. The van der Waals surface area contributed by atoms with Crippen LogP contribution in [0.1, 0.15) is 5.01 Å². The topological polar surface area (TPSA) is 90.1 Å². The van der Waals surface area contributed by atoms with Gasteiger partial charge in [0.25, 0.3) is 5.91 Å². The SMILES string of the molecule is Cc1nnc(Sc2cc3c(cc2N)OCC(=O)N3)s1. The number of nitrogens with one attached hydrogen (secondary N) is 1. The summed E-state index contributed by atoms with van der Waals surface area (Å²) in [6.45, 7) is 1.92. The number of aryl methyl sites for hydroxylation is 1. The average Bonchev–Trinajstić information content (AvgIpc) is 2.76. The van der Waals surface area contributed by atoms with Crippen molar-refractivity contribution in [1.29, 1.82) is 0 Å². The van der Waals surface area contributed by atoms with E-state index in [0.29, 0.717) is 17.1 Å². The van der Waals surface area contributed by atoms with Gasteiger partial charge in [0.1, 0.15) is 10.8 Å². The fourth-order valence-corrected chi connectivity index (χ4v) is 3.46. The molecule has 98 valence electrons. The van der Waals surface area contributed by atoms with Crippen LogP contribution < -0.4 is 15.8 Å². The van der Waals surface area contributed by atoms with Crippen molar-refractivity contribution in [3.05, 3.63) is 17.1 Å². The predicted molar refractivity (Wildman–Crippen MR) is 73.7 cm³/mol. The molecule has 19 heavy (non-hydrogen) atoms. The molecule has 1 aliphatic heterocycles. The molecule has 0 radical (unpaired) electrons. The van der Waals surface area contributed by atoms with E-state index in [1.165, 1.54) is 23.1 Å². The summed E-state index contributed by atoms with van der Waals surface area (Å²) in [6, 6.07) is 3.51. The molecule has 0 atom stereocenters. The minimum absolute atomic E-state index is 0.0223. The standard InChI is InChI=1S/C11H10N4O2S2/c1-5-14-15-11(18-5)19-9-3-7-8(2-6(9)12)17-4-10(16)13-7/h2-3H,4,12H2,1H3,(H,13,16). The van der Waals surface area contributed by atoms with Crippen LogP contribution in [0.5, 0.6) is 5.75 Å². The number of nitrogens with zero attached hydrogens (tertiary/aromatic N) is 2. The van der Waals surface area contributed by atoms with Crippen LogP contribution in [0, 0.1) is 6.92 Å². The molecule has 0 spiro atoms. The number of hydrogen-bond acceptors (Lipinski definition) is 7. The van der Waals surface area contributed by atoms with Gasteiger partial charge in [0.15, 0.2) is 10.9 Å². The molecule has 0 bridgehead atoms. The van der Waals surface area contributed by atoms with Crippen LogP contribution >= 0.6 is 23.1 Å². The molecule has 6 nitrogen and oxygen atoms in total. The Morgan fingerprint density at radius 1 is 1.47 bits per heavy atom. The predicted octanol–water partition coefficient (Wildman–Crippen LogP) is 1.91. The normalized spacial score (nSPS) is 13.6. The van der Waals surface area contributed by atoms with E-state index in [2.05, 4.69) is 15.5 Å². The zero-order valence-electron chi connectivity index (χ0n) is 9.97. The molecular formula is C11H10N4O2S2. The fourth-order valence-electron chi connectivity index (χ4n) is 1.62. The zero-order valence-corrected chi connectivity index (χ0v) is 11.6. The van der Waals surface area contributed by atoms with E-state index >= 15 is 0 Å². The summed E-state index contributed by atoms with van der Waals surface area (Å²) < 4.78 is 6.11. The van der Waals surface area contributed by atoms with Crippen molar-refractivity contribution >= 4 is 40.4 Å². The number of rotatable bonds is 2. The van der Waals surface area contributed by atoms with Crippen molar-refractivity contribution in [1.82, 2.24) is 10.2 Å². The number of amides is 1. The lowest BCUT2D eigenvalue weighted by molar-refractivity contribution is -0.118. The number of carbonyl (C=O) groups excluding carboxylic acids is 1. The smallest absolute Gasteiger partial charge is 0.262 e. The highest BCUT2D eigenvalue weighted by Crippen LogP contribution is 2.40. The van der Waals surface area contributed by atoms with Gasteiger partial charge in [-0.3, -0.25) is 4.79 Å². The van der Waals surface area contributed by atoms with Gasteiger partial charge in [-0.2, -0.15) is 0 Å². The molecule has 1 aliphatic rings. The second-order valence-electron chi connectivity index (χ2n) is 3.91. The maximum Gasteiger partial charge on any atom is 0.262 e. The molecule has 2 aromatic rings. The maximum absolute atomic E-state index is 11.3. The number of hydrogen-bond donors (Lipinski definition) is 2. The number of benzene rings is 1. The minimum Gasteiger partial charge on any atom is -0.482 e. The molecule has 8 heteroatoms. The third-order valence-electron chi connectivity index (χ3n) is 2.45. The third kappa shape index (κ3) is 2.49. The lowest BCUT2D eigenvalue weighted by atomic mass is 10.2. The van der Waals surface area contributed by atoms with Crippen LogP contribution in [0.3, 0.4) is 0 Å². The first-order chi connectivity index (χ1) is 9.11. The number of carbonyl (C=O) groups is 1. The maximum atomic E-state index is 11.3. The van der Waals surface area contributed by atoms with Crippen LogP contribution in [0.25, 0.3) is 0 Å². The van der Waals surface area contributed by atoms with Crippen LogP contribution in [0.15, 0.2) is 21.4 Å². The Morgan fingerprint density at radius 3 is 3.05 bits per heavy atom. The number of nitrogen functional groups attached to an aromatic ring is 1. The number of ether oxygens (including phenoxy) is 1. The lowest BCUT2D eigenvalue weighted by Crippen LogP contribution is -2.25. The molecule has 0 unspecified atom stereocenters. The van der Waals surface area contributed by atoms with Gasteiger partial charge in [0.05, 0.1) is 5.69 Å². The Kier molecular flexibility index (Phi) is 3.03. The Bertz CT molecular complexity index is 656. The molecule has 0 aliphatic carbocycles. The molecule has 3 rings (SSSR count). The Hall–Kier alpha value is -1.80. The van der Waals surface area contributed by atoms with Crippen molar-refractivity contribution in [3.63, 3.8) is 0 Å². The minimum atomic E-state index is -0.167. The summed E-state index contributed by atoms with van der Waals surface area (Å²) in [5.41, 5.74) is 7.20. The summed E-state index contributed by atoms with van der Waals surface area (Å²) in [7, 11) is 0. The van der Waals surface area contributed by atoms with E-state index in [1.807, 2.05) is 6.92 Å². The van der Waals surface area contributed by atoms with Crippen LogP contribution in [0.4, 0.5) is 11.4 Å². The molecule has 0 saturated carbocycles. The second-order valence-corrected chi connectivity index (χ2v) is 6.38. The van der Waals surface area contributed by atoms with Gasteiger partial charge < -0.3 is 15.8 Å². The van der Waals surface area contributed by atoms with Crippen molar-refractivity contribution in [2.24, 2.45) is 0 Å². The average molecular weight is 294 g/mol. The first-order valence-electron chi connectivity index (χ1n) is 5.46. The number of nitrogens with two attached hydrogens (primary N) is 1. The molecule has 0 saturated heterocycles. The zero-order chi connectivity index (χ0) is 13.4. The quantitative estimate of drug-likeness (QED) is 0.822. The van der Waals surface area contributed by atoms with Gasteiger partial charge in [-0.15, -0.1) is 10.2 Å². The van der Waals surface area contributed by atoms with E-state index < -0.39 is 0 Å². The van der Waals surface area contributed by atoms with E-state index in [0.717, 1.165) is 14.2 Å². The highest BCUT2D eigenvalue weighted by molar-refractivity contribution is 8.01. The van der Waals surface area contributed by atoms with Gasteiger partial charge in [-0.25, -0.2) is 0 Å². The number of fused-ring (bicyclic) bond motifs is 1. The summed E-state index contributed by atoms with van der Waals surface area (Å²) in [6.07, 6.45) is 0. The highest BCUT2D eigenvalue weighted by Gasteiger charge is 2.18. The van der Waals surface area contributed by atoms with Crippen molar-refractivity contribution < 1.29 is 9.53 Å². The molecular weight excluding hydrogens is 284 g/mol. The fraction of sp³-hybridized carbons (Fsp3) is 0.182. The summed E-state index contributed by atoms with van der Waals surface area (Å²) in [5, 5.41) is 11.6. The summed E-state index contributed by atoms with van der Waals surface area (Å²) in [5.74, 6) is 0.426. The Morgan fingerprint density at radius 2 is 2.32 bits per heavy atom. The van der Waals surface area contributed by atoms with Gasteiger partial charge in [0.2, 0.25) is 0 Å². The van der Waals surface area contributed by atoms with Gasteiger partial charge in [0, 0.05) is 16.6 Å². The van der Waals surface area contributed by atoms with Gasteiger partial charge in [-0.1, -0.05) is 23.1 Å². The number of aromatic nitrogens is 2. The third-order valence-corrected chi connectivity index (χ3v) is 4.41. The Labute approximate surface area is 117 Å². The first kappa shape index (κ1) is 12.2. The van der Waals surface area contributed by atoms with E-state index in [4.69, 9.17) is 10.5 Å². The van der Waals surface area contributed by atoms with Gasteiger partial charge in [-0.05, 0) is 13.0 Å². The van der Waals surface area contributed by atoms with Crippen molar-refractivity contribution in [2.45, 2.75) is 16.2 Å². The van der Waals surface area contributed by atoms with Crippen molar-refractivity contribution in [3.8, 4) is 5.75 Å². The largest absolute Gasteiger partial charge is 0.482 e. The summed E-state index contributed by atoms with van der Waals surface area (Å²) >= 11 is 2.92.